The summed E-state index contributed by atoms with van der Waals surface area (Å²) >= 11 is 0. The van der Waals surface area contributed by atoms with Gasteiger partial charge in [0, 0.05) is 12.1 Å². The third-order valence-corrected chi connectivity index (χ3v) is 4.90. The molecule has 0 saturated carbocycles. The van der Waals surface area contributed by atoms with Crippen molar-refractivity contribution in [2.45, 2.75) is 13.0 Å². The van der Waals surface area contributed by atoms with Crippen LogP contribution >= 0.6 is 0 Å². The lowest BCUT2D eigenvalue weighted by Crippen LogP contribution is -2.27. The Bertz CT molecular complexity index is 1040. The van der Waals surface area contributed by atoms with Crippen LogP contribution in [-0.4, -0.2) is 44.7 Å². The van der Waals surface area contributed by atoms with Gasteiger partial charge in [-0.15, -0.1) is 0 Å². The minimum atomic E-state index is 0.00396. The third kappa shape index (κ3) is 4.56. The van der Waals surface area contributed by atoms with Crippen LogP contribution in [-0.2, 0) is 0 Å². The van der Waals surface area contributed by atoms with Gasteiger partial charge in [0.25, 0.3) is 0 Å². The van der Waals surface area contributed by atoms with Crippen molar-refractivity contribution in [3.05, 3.63) is 59.3 Å². The average molecular weight is 406 g/mol. The highest BCUT2D eigenvalue weighted by molar-refractivity contribution is 5.59. The van der Waals surface area contributed by atoms with E-state index in [1.165, 1.54) is 0 Å². The predicted octanol–water partition coefficient (Wildman–Crippen LogP) is 4.25. The lowest BCUT2D eigenvalue weighted by Gasteiger charge is -2.25. The Balaban J connectivity index is 1.83. The monoisotopic (exact) mass is 406 g/mol. The maximum Gasteiger partial charge on any atom is 0.232 e. The van der Waals surface area contributed by atoms with Gasteiger partial charge in [-0.2, -0.15) is 10.2 Å². The molecular formula is C23H26N4O3. The molecule has 0 aliphatic heterocycles. The van der Waals surface area contributed by atoms with Gasteiger partial charge >= 0.3 is 0 Å². The van der Waals surface area contributed by atoms with E-state index in [4.69, 9.17) is 13.9 Å². The van der Waals surface area contributed by atoms with E-state index < -0.39 is 0 Å². The Kier molecular flexibility index (Phi) is 6.60. The van der Waals surface area contributed by atoms with Gasteiger partial charge in [0.2, 0.25) is 17.5 Å². The summed E-state index contributed by atoms with van der Waals surface area (Å²) in [5.41, 5.74) is 3.25. The van der Waals surface area contributed by atoms with Crippen molar-refractivity contribution in [1.82, 2.24) is 9.88 Å². The number of ether oxygens (including phenoxy) is 2. The van der Waals surface area contributed by atoms with E-state index in [2.05, 4.69) is 21.3 Å². The number of oxazole rings is 1. The highest BCUT2D eigenvalue weighted by Gasteiger charge is 2.20. The fourth-order valence-electron chi connectivity index (χ4n) is 3.18. The Morgan fingerprint density at radius 3 is 2.40 bits per heavy atom. The third-order valence-electron chi connectivity index (χ3n) is 4.90. The lowest BCUT2D eigenvalue weighted by molar-refractivity contribution is 0.307. The van der Waals surface area contributed by atoms with Crippen LogP contribution in [0.25, 0.3) is 11.5 Å². The fourth-order valence-corrected chi connectivity index (χ4v) is 3.18. The Morgan fingerprint density at radius 1 is 1.10 bits per heavy atom. The smallest absolute Gasteiger partial charge is 0.232 e. The minimum absolute atomic E-state index is 0.00396. The molecule has 0 bridgehead atoms. The quantitative estimate of drug-likeness (QED) is 0.598. The van der Waals surface area contributed by atoms with E-state index in [-0.39, 0.29) is 11.7 Å². The highest BCUT2D eigenvalue weighted by atomic mass is 16.5. The molecule has 3 rings (SSSR count). The Morgan fingerprint density at radius 2 is 1.80 bits per heavy atom. The molecule has 3 aromatic rings. The Hall–Kier alpha value is -3.50. The van der Waals surface area contributed by atoms with Gasteiger partial charge < -0.3 is 24.1 Å². The first kappa shape index (κ1) is 21.2. The van der Waals surface area contributed by atoms with Crippen molar-refractivity contribution in [2.75, 3.05) is 40.2 Å². The van der Waals surface area contributed by atoms with Gasteiger partial charge in [-0.25, -0.2) is 0 Å². The van der Waals surface area contributed by atoms with E-state index in [9.17, 15) is 5.26 Å². The van der Waals surface area contributed by atoms with Crippen LogP contribution in [0, 0.1) is 18.3 Å². The molecule has 0 amide bonds. The summed E-state index contributed by atoms with van der Waals surface area (Å²) < 4.78 is 16.6. The van der Waals surface area contributed by atoms with Gasteiger partial charge in [0.1, 0.15) is 6.07 Å². The molecule has 0 saturated heterocycles. The second-order valence-electron chi connectivity index (χ2n) is 7.15. The molecule has 1 atom stereocenters. The molecule has 1 heterocycles. The van der Waals surface area contributed by atoms with Gasteiger partial charge in [0.05, 0.1) is 20.3 Å². The molecule has 7 heteroatoms. The van der Waals surface area contributed by atoms with Gasteiger partial charge in [-0.1, -0.05) is 23.8 Å². The summed E-state index contributed by atoms with van der Waals surface area (Å²) in [6.07, 6.45) is 0. The molecule has 1 aromatic heterocycles. The van der Waals surface area contributed by atoms with Crippen LogP contribution in [0.5, 0.6) is 11.5 Å². The van der Waals surface area contributed by atoms with E-state index in [0.717, 1.165) is 16.7 Å². The lowest BCUT2D eigenvalue weighted by atomic mass is 10.1. The normalized spacial score (nSPS) is 11.8. The number of hydrogen-bond acceptors (Lipinski definition) is 7. The number of nitrogens with one attached hydrogen (secondary N) is 1. The topological polar surface area (TPSA) is 83.5 Å². The molecule has 0 spiro atoms. The summed E-state index contributed by atoms with van der Waals surface area (Å²) in [5, 5.41) is 12.7. The largest absolute Gasteiger partial charge is 0.493 e. The van der Waals surface area contributed by atoms with Crippen molar-refractivity contribution in [3.8, 4) is 29.0 Å². The average Bonchev–Trinajstić information content (AvgIpc) is 3.17. The second kappa shape index (κ2) is 9.33. The predicted molar refractivity (Wildman–Crippen MR) is 116 cm³/mol. The summed E-state index contributed by atoms with van der Waals surface area (Å²) in [7, 11) is 7.21. The van der Waals surface area contributed by atoms with Crippen LogP contribution in [0.3, 0.4) is 0 Å². The van der Waals surface area contributed by atoms with Crippen LogP contribution in [0.2, 0.25) is 0 Å². The molecule has 156 valence electrons. The van der Waals surface area contributed by atoms with Crippen LogP contribution in [0.1, 0.15) is 22.9 Å². The fraction of sp³-hybridized carbons (Fsp3) is 0.304. The molecule has 0 fully saturated rings. The summed E-state index contributed by atoms with van der Waals surface area (Å²) in [6, 6.07) is 15.8. The van der Waals surface area contributed by atoms with Crippen molar-refractivity contribution >= 4 is 5.88 Å². The molecule has 0 unspecified atom stereocenters. The maximum absolute atomic E-state index is 9.49. The molecule has 7 nitrogen and oxygen atoms in total. The van der Waals surface area contributed by atoms with E-state index >= 15 is 0 Å². The number of anilines is 1. The first-order valence-corrected chi connectivity index (χ1v) is 9.57. The molecule has 2 aromatic carbocycles. The summed E-state index contributed by atoms with van der Waals surface area (Å²) in [6.45, 7) is 2.53. The highest BCUT2D eigenvalue weighted by Crippen LogP contribution is 2.32. The molecular weight excluding hydrogens is 380 g/mol. The first-order chi connectivity index (χ1) is 14.5. The number of hydrogen-bond donors (Lipinski definition) is 1. The number of methoxy groups -OCH3 is 2. The number of likely N-dealkylation sites (N-methyl/N-ethyl adjacent to an activating group) is 1. The van der Waals surface area contributed by atoms with Crippen molar-refractivity contribution < 1.29 is 13.9 Å². The standard InChI is InChI=1S/C23H26N4O3/c1-15-6-8-16(9-7-15)22-26-18(13-24)23(30-22)25-14-19(27(2)3)17-10-11-20(28-4)21(12-17)29-5/h6-12,19,25H,14H2,1-5H3/t19-/m0/s1. The molecule has 0 radical (unpaired) electrons. The van der Waals surface area contributed by atoms with Crippen LogP contribution < -0.4 is 14.8 Å². The second-order valence-corrected chi connectivity index (χ2v) is 7.15. The number of aryl methyl sites for hydroxylation is 1. The first-order valence-electron chi connectivity index (χ1n) is 9.57. The summed E-state index contributed by atoms with van der Waals surface area (Å²) in [5.74, 6) is 2.12. The zero-order valence-electron chi connectivity index (χ0n) is 17.9. The van der Waals surface area contributed by atoms with E-state index in [0.29, 0.717) is 29.8 Å². The summed E-state index contributed by atoms with van der Waals surface area (Å²) in [4.78, 5) is 6.41. The molecule has 0 aliphatic rings. The van der Waals surface area contributed by atoms with Gasteiger partial charge in [-0.05, 0) is 50.8 Å². The van der Waals surface area contributed by atoms with E-state index in [1.54, 1.807) is 14.2 Å². The van der Waals surface area contributed by atoms with Crippen molar-refractivity contribution in [1.29, 1.82) is 5.26 Å². The van der Waals surface area contributed by atoms with Crippen molar-refractivity contribution in [2.24, 2.45) is 0 Å². The number of nitriles is 1. The number of nitrogens with zero attached hydrogens (tertiary/aromatic N) is 3. The molecule has 30 heavy (non-hydrogen) atoms. The maximum atomic E-state index is 9.49. The van der Waals surface area contributed by atoms with Crippen LogP contribution in [0.4, 0.5) is 5.88 Å². The molecule has 1 N–H and O–H groups in total. The van der Waals surface area contributed by atoms with Crippen molar-refractivity contribution in [3.63, 3.8) is 0 Å². The van der Waals surface area contributed by atoms with Gasteiger partial charge in [-0.3, -0.25) is 0 Å². The van der Waals surface area contributed by atoms with Gasteiger partial charge in [0.15, 0.2) is 11.5 Å². The van der Waals surface area contributed by atoms with E-state index in [1.807, 2.05) is 63.5 Å². The Labute approximate surface area is 176 Å². The number of aromatic nitrogens is 1. The minimum Gasteiger partial charge on any atom is -0.493 e. The number of rotatable bonds is 8. The zero-order chi connectivity index (χ0) is 21.7. The van der Waals surface area contributed by atoms with Crippen LogP contribution in [0.15, 0.2) is 46.9 Å². The zero-order valence-corrected chi connectivity index (χ0v) is 17.9. The SMILES string of the molecule is COc1ccc([C@H](CNc2oc(-c3ccc(C)cc3)nc2C#N)N(C)C)cc1OC. The number of benzene rings is 2. The molecule has 0 aliphatic carbocycles.